The number of benzene rings is 1. The number of alkyl carbamates (subject to hydrolysis) is 1. The van der Waals surface area contributed by atoms with Gasteiger partial charge in [0.15, 0.2) is 0 Å². The summed E-state index contributed by atoms with van der Waals surface area (Å²) in [6, 6.07) is 5.77. The van der Waals surface area contributed by atoms with Gasteiger partial charge in [0.1, 0.15) is 0 Å². The van der Waals surface area contributed by atoms with Crippen molar-refractivity contribution in [1.29, 1.82) is 0 Å². The number of pyridine rings is 1. The zero-order valence-corrected chi connectivity index (χ0v) is 40.4. The molecule has 3 N–H and O–H groups in total. The Morgan fingerprint density at radius 2 is 1.77 bits per heavy atom. The molecule has 7 atom stereocenters. The molecule has 354 valence electrons. The van der Waals surface area contributed by atoms with Gasteiger partial charge in [-0.1, -0.05) is 12.5 Å². The van der Waals surface area contributed by atoms with E-state index in [2.05, 4.69) is 39.0 Å². The summed E-state index contributed by atoms with van der Waals surface area (Å²) in [5, 5.41) is 6.81. The molecule has 7 aliphatic rings. The number of likely N-dealkylation sites (tertiary alicyclic amines) is 1. The van der Waals surface area contributed by atoms with E-state index >= 15 is 4.79 Å². The van der Waals surface area contributed by atoms with E-state index < -0.39 is 85.4 Å². The number of rotatable bonds is 11. The van der Waals surface area contributed by atoms with Crippen LogP contribution in [0.25, 0.3) is 10.9 Å². The van der Waals surface area contributed by atoms with Crippen molar-refractivity contribution in [1.82, 2.24) is 30.1 Å². The summed E-state index contributed by atoms with van der Waals surface area (Å²) in [6.45, 7) is 8.87. The Balaban J connectivity index is 1.06. The average Bonchev–Trinajstić information content (AvgIpc) is 3.92. The van der Waals surface area contributed by atoms with Gasteiger partial charge in [-0.25, -0.2) is 0 Å². The predicted molar refractivity (Wildman–Crippen MR) is 240 cm³/mol. The van der Waals surface area contributed by atoms with Crippen LogP contribution in [0, 0.1) is 11.8 Å². The van der Waals surface area contributed by atoms with Gasteiger partial charge in [0.05, 0.1) is 0 Å². The monoisotopic (exact) mass is 1030 g/mol. The Hall–Kier alpha value is -3.97. The number of carbonyl (C=O) groups excluding carboxylic acids is 4. The normalized spacial score (nSPS) is 31.4. The van der Waals surface area contributed by atoms with Crippen LogP contribution in [-0.4, -0.2) is 116 Å². The van der Waals surface area contributed by atoms with E-state index in [1.807, 2.05) is 24.3 Å². The molecule has 3 saturated heterocycles. The zero-order valence-electron chi connectivity index (χ0n) is 37.4. The fraction of sp³-hybridized carbons (Fsp3) is 0.646. The maximum absolute atomic E-state index is 15.1. The SMILES string of the molecule is C=C[C@@H]1[I-][C@]1(NC(=O)[C@@H]1C[C@@H]2CN1C(=O)[C@H](C1CCCC1)NC(=O)O[C@@H]1CCC[C@H]1CC/C=C/Cc1c(nc3ccccc3c1OCCN1CCCCC1)O2)C(=O)NS(=O)(=O)C1(C)CC1. The molecule has 15 nitrogen and oxygen atoms in total. The van der Waals surface area contributed by atoms with Gasteiger partial charge in [-0.2, -0.15) is 0 Å². The number of halogens is 1. The molecule has 1 aromatic heterocycles. The van der Waals surface area contributed by atoms with Crippen molar-refractivity contribution in [2.45, 2.75) is 146 Å². The molecule has 9 rings (SSSR count). The number of sulfonamides is 1. The molecule has 0 spiro atoms. The van der Waals surface area contributed by atoms with E-state index in [-0.39, 0.29) is 30.9 Å². The summed E-state index contributed by atoms with van der Waals surface area (Å²) in [5.41, 5.74) is 1.47. The third-order valence-electron chi connectivity index (χ3n) is 14.9. The van der Waals surface area contributed by atoms with Gasteiger partial charge >= 0.3 is 319 Å². The summed E-state index contributed by atoms with van der Waals surface area (Å²) < 4.78 is 45.6. The van der Waals surface area contributed by atoms with Crippen LogP contribution in [0.3, 0.4) is 0 Å². The number of allylic oxidation sites excluding steroid dienone is 2. The fourth-order valence-electron chi connectivity index (χ4n) is 10.6. The molecule has 0 radical (unpaired) electrons. The van der Waals surface area contributed by atoms with Crippen LogP contribution in [0.4, 0.5) is 4.79 Å². The van der Waals surface area contributed by atoms with Gasteiger partial charge in [-0.05, 0) is 51.6 Å². The molecule has 4 amide bonds. The number of hydrogen-bond donors (Lipinski definition) is 3. The van der Waals surface area contributed by atoms with Crippen molar-refractivity contribution < 1.29 is 63.0 Å². The Bertz CT molecular complexity index is 2300. The van der Waals surface area contributed by atoms with Gasteiger partial charge < -0.3 is 0 Å². The number of alkyl halides is 2. The summed E-state index contributed by atoms with van der Waals surface area (Å²) in [7, 11) is -3.99. The number of nitrogens with one attached hydrogen (secondary N) is 3. The van der Waals surface area contributed by atoms with Crippen molar-refractivity contribution in [3.8, 4) is 11.6 Å². The number of aromatic nitrogens is 1. The first-order valence-electron chi connectivity index (χ1n) is 23.9. The summed E-state index contributed by atoms with van der Waals surface area (Å²) in [6.07, 6.45) is 16.8. The van der Waals surface area contributed by atoms with Crippen LogP contribution in [-0.2, 0) is 35.6 Å². The fourth-order valence-corrected chi connectivity index (χ4v) is 14.8. The van der Waals surface area contributed by atoms with Gasteiger partial charge in [0.2, 0.25) is 0 Å². The van der Waals surface area contributed by atoms with E-state index in [1.165, 1.54) is 24.2 Å². The number of hydrogen-bond acceptors (Lipinski definition) is 11. The molecule has 0 unspecified atom stereocenters. The van der Waals surface area contributed by atoms with Crippen molar-refractivity contribution >= 4 is 44.7 Å². The number of amides is 4. The van der Waals surface area contributed by atoms with E-state index in [1.54, 1.807) is 13.0 Å². The van der Waals surface area contributed by atoms with Crippen LogP contribution in [0.15, 0.2) is 49.1 Å². The first kappa shape index (κ1) is 46.2. The van der Waals surface area contributed by atoms with E-state index in [0.717, 1.165) is 88.4 Å². The number of para-hydroxylation sites is 1. The standard InChI is InChI=1S/C48H64IN6O9S/c1-3-39-48(49-39,45(58)53-65(60,61)47(2)23-24-47)52-42(56)37-29-33-30-55(37)44(57)40(32-16-8-9-17-32)51-46(59)64-38-22-14-18-31(38)15-6-4-7-20-35-41(62-28-27-54-25-12-5-13-26-54)34-19-10-11-21-36(34)50-43(35)63-33/h3-4,7,10-11,19,21,31-33,37-40H,1,5-6,8-9,12-18,20,22-30H2,2H3,(H,51,59)(H,52,56)(H,53,58)/q-1/b7-4+/t31-,33-,37+,38-,39+,40+,48-/m1/s1. The second kappa shape index (κ2) is 19.3. The summed E-state index contributed by atoms with van der Waals surface area (Å²) >= 11 is -1.07. The summed E-state index contributed by atoms with van der Waals surface area (Å²) in [4.78, 5) is 66.7. The molecule has 6 fully saturated rings. The van der Waals surface area contributed by atoms with Crippen LogP contribution in [0.1, 0.15) is 109 Å². The molecule has 3 saturated carbocycles. The van der Waals surface area contributed by atoms with Gasteiger partial charge in [-0.15, -0.1) is 0 Å². The maximum atomic E-state index is 15.1. The molecular formula is C48H64IN6O9S-. The molecule has 1 aromatic carbocycles. The first-order chi connectivity index (χ1) is 31.4. The number of carbonyl (C=O) groups is 4. The van der Waals surface area contributed by atoms with Gasteiger partial charge in [0.25, 0.3) is 0 Å². The van der Waals surface area contributed by atoms with E-state index in [0.29, 0.717) is 43.0 Å². The topological polar surface area (TPSA) is 186 Å². The van der Waals surface area contributed by atoms with Crippen molar-refractivity contribution in [3.05, 3.63) is 54.6 Å². The number of piperidine rings is 1. The van der Waals surface area contributed by atoms with Crippen LogP contribution in [0.2, 0.25) is 0 Å². The second-order valence-electron chi connectivity index (χ2n) is 19.4. The number of nitrogens with zero attached hydrogens (tertiary/aromatic N) is 3. The van der Waals surface area contributed by atoms with Crippen LogP contribution >= 0.6 is 0 Å². The Morgan fingerprint density at radius 1 is 1.00 bits per heavy atom. The molecule has 4 aliphatic heterocycles. The van der Waals surface area contributed by atoms with Crippen molar-refractivity contribution in [3.63, 3.8) is 0 Å². The van der Waals surface area contributed by atoms with Crippen LogP contribution in [0.5, 0.6) is 11.6 Å². The molecule has 17 heteroatoms. The van der Waals surface area contributed by atoms with Gasteiger partial charge in [-0.3, -0.25) is 4.90 Å². The number of ether oxygens (including phenoxy) is 3. The minimum atomic E-state index is -3.99. The van der Waals surface area contributed by atoms with Gasteiger partial charge in [0, 0.05) is 6.54 Å². The third-order valence-corrected chi connectivity index (χ3v) is 20.9. The number of fused-ring (bicyclic) bond motifs is 5. The minimum absolute atomic E-state index is 0.00235. The van der Waals surface area contributed by atoms with E-state index in [9.17, 15) is 22.8 Å². The van der Waals surface area contributed by atoms with Crippen LogP contribution < -0.4 is 46.0 Å². The molecule has 5 heterocycles. The molecular weight excluding hydrogens is 964 g/mol. The van der Waals surface area contributed by atoms with Crippen molar-refractivity contribution in [2.75, 3.05) is 32.8 Å². The Morgan fingerprint density at radius 3 is 2.52 bits per heavy atom. The predicted octanol–water partition coefficient (Wildman–Crippen LogP) is 2.26. The molecule has 2 aromatic rings. The third kappa shape index (κ3) is 9.88. The quantitative estimate of drug-likeness (QED) is 0.130. The average molecular weight is 1030 g/mol. The molecule has 65 heavy (non-hydrogen) atoms. The second-order valence-corrected chi connectivity index (χ2v) is 25.2. The Kier molecular flexibility index (Phi) is 13.7. The van der Waals surface area contributed by atoms with E-state index in [4.69, 9.17) is 19.2 Å². The summed E-state index contributed by atoms with van der Waals surface area (Å²) in [5.74, 6) is -0.716. The molecule has 2 bridgehead atoms. The van der Waals surface area contributed by atoms with Crippen molar-refractivity contribution in [2.24, 2.45) is 11.8 Å². The molecule has 3 aliphatic carbocycles. The first-order valence-corrected chi connectivity index (χ1v) is 27.7. The Labute approximate surface area is 392 Å². The zero-order chi connectivity index (χ0) is 45.3.